The summed E-state index contributed by atoms with van der Waals surface area (Å²) in [5.74, 6) is 0.919. The van der Waals surface area contributed by atoms with Crippen molar-refractivity contribution in [3.05, 3.63) is 16.8 Å². The molecule has 18 heavy (non-hydrogen) atoms. The summed E-state index contributed by atoms with van der Waals surface area (Å²) in [6.07, 6.45) is 0.422. The number of hydrogen-bond donors (Lipinski definition) is 1. The van der Waals surface area contributed by atoms with E-state index in [9.17, 15) is 0 Å². The lowest BCUT2D eigenvalue weighted by Crippen LogP contribution is -2.46. The first-order chi connectivity index (χ1) is 8.52. The maximum absolute atomic E-state index is 5.87. The van der Waals surface area contributed by atoms with Crippen molar-refractivity contribution < 1.29 is 4.74 Å². The van der Waals surface area contributed by atoms with Crippen molar-refractivity contribution in [1.29, 1.82) is 0 Å². The van der Waals surface area contributed by atoms with Gasteiger partial charge in [-0.1, -0.05) is 0 Å². The largest absolute Gasteiger partial charge is 0.372 e. The number of nitrogens with zero attached hydrogens (tertiary/aromatic N) is 3. The number of aryl methyl sites for hydroxylation is 1. The third-order valence-corrected chi connectivity index (χ3v) is 3.48. The predicted octanol–water partition coefficient (Wildman–Crippen LogP) is 1.17. The smallest absolute Gasteiger partial charge is 0.156 e. The van der Waals surface area contributed by atoms with E-state index in [-0.39, 0.29) is 12.2 Å². The molecule has 2 rings (SSSR count). The molecule has 2 heterocycles. The molecule has 0 amide bonds. The van der Waals surface area contributed by atoms with Crippen LogP contribution in [0.4, 0.5) is 5.82 Å². The third-order valence-electron chi connectivity index (χ3n) is 3.48. The second-order valence-corrected chi connectivity index (χ2v) is 5.08. The molecule has 1 aliphatic rings. The van der Waals surface area contributed by atoms with E-state index in [0.717, 1.165) is 35.7 Å². The Kier molecular flexibility index (Phi) is 3.82. The highest BCUT2D eigenvalue weighted by Gasteiger charge is 2.25. The van der Waals surface area contributed by atoms with Crippen LogP contribution >= 0.6 is 0 Å². The van der Waals surface area contributed by atoms with E-state index in [0.29, 0.717) is 6.54 Å². The Bertz CT molecular complexity index is 425. The van der Waals surface area contributed by atoms with Gasteiger partial charge in [-0.15, -0.1) is 5.10 Å². The standard InChI is InChI=1S/C13H22N4O/c1-8-6-17(7-9(2)18-8)13-12(5-14)10(3)11(4)15-16-13/h8-9H,5-7,14H2,1-4H3. The average molecular weight is 250 g/mol. The van der Waals surface area contributed by atoms with Crippen LogP contribution in [-0.2, 0) is 11.3 Å². The molecule has 0 saturated carbocycles. The van der Waals surface area contributed by atoms with Crippen LogP contribution in [0, 0.1) is 13.8 Å². The van der Waals surface area contributed by atoms with Gasteiger partial charge in [0, 0.05) is 25.2 Å². The van der Waals surface area contributed by atoms with Crippen molar-refractivity contribution in [1.82, 2.24) is 10.2 Å². The number of ether oxygens (including phenoxy) is 1. The number of anilines is 1. The number of nitrogens with two attached hydrogens (primary N) is 1. The van der Waals surface area contributed by atoms with E-state index in [1.165, 1.54) is 0 Å². The summed E-state index contributed by atoms with van der Waals surface area (Å²) in [4.78, 5) is 2.24. The second-order valence-electron chi connectivity index (χ2n) is 5.08. The highest BCUT2D eigenvalue weighted by atomic mass is 16.5. The van der Waals surface area contributed by atoms with Gasteiger partial charge in [0.1, 0.15) is 0 Å². The van der Waals surface area contributed by atoms with Crippen molar-refractivity contribution in [2.45, 2.75) is 46.4 Å². The van der Waals surface area contributed by atoms with E-state index in [4.69, 9.17) is 10.5 Å². The second kappa shape index (κ2) is 5.20. The van der Waals surface area contributed by atoms with Crippen LogP contribution < -0.4 is 10.6 Å². The Morgan fingerprint density at radius 3 is 2.39 bits per heavy atom. The quantitative estimate of drug-likeness (QED) is 0.853. The van der Waals surface area contributed by atoms with Gasteiger partial charge in [-0.25, -0.2) is 0 Å². The molecule has 2 N–H and O–H groups in total. The molecule has 1 aliphatic heterocycles. The maximum atomic E-state index is 5.87. The van der Waals surface area contributed by atoms with Crippen molar-refractivity contribution in [3.8, 4) is 0 Å². The lowest BCUT2D eigenvalue weighted by molar-refractivity contribution is -0.00556. The summed E-state index contributed by atoms with van der Waals surface area (Å²) in [6, 6.07) is 0. The number of aromatic nitrogens is 2. The molecule has 0 radical (unpaired) electrons. The van der Waals surface area contributed by atoms with Crippen LogP contribution in [0.15, 0.2) is 0 Å². The molecule has 0 aliphatic carbocycles. The first kappa shape index (κ1) is 13.2. The summed E-state index contributed by atoms with van der Waals surface area (Å²) < 4.78 is 5.74. The summed E-state index contributed by atoms with van der Waals surface area (Å²) in [5.41, 5.74) is 9.07. The summed E-state index contributed by atoms with van der Waals surface area (Å²) in [7, 11) is 0. The molecular formula is C13H22N4O. The fourth-order valence-electron chi connectivity index (χ4n) is 2.49. The van der Waals surface area contributed by atoms with E-state index < -0.39 is 0 Å². The third kappa shape index (κ3) is 2.47. The summed E-state index contributed by atoms with van der Waals surface area (Å²) in [6.45, 7) is 10.4. The van der Waals surface area contributed by atoms with E-state index in [1.54, 1.807) is 0 Å². The minimum absolute atomic E-state index is 0.211. The Hall–Kier alpha value is -1.20. The Morgan fingerprint density at radius 2 is 1.83 bits per heavy atom. The molecule has 1 saturated heterocycles. The molecule has 5 nitrogen and oxygen atoms in total. The van der Waals surface area contributed by atoms with Crippen molar-refractivity contribution >= 4 is 5.82 Å². The molecule has 1 aromatic heterocycles. The summed E-state index contributed by atoms with van der Waals surface area (Å²) in [5, 5.41) is 8.57. The van der Waals surface area contributed by atoms with Gasteiger partial charge < -0.3 is 15.4 Å². The Morgan fingerprint density at radius 1 is 1.22 bits per heavy atom. The maximum Gasteiger partial charge on any atom is 0.156 e. The van der Waals surface area contributed by atoms with Crippen LogP contribution in [0.2, 0.25) is 0 Å². The van der Waals surface area contributed by atoms with Gasteiger partial charge in [0.25, 0.3) is 0 Å². The number of morpholine rings is 1. The lowest BCUT2D eigenvalue weighted by atomic mass is 10.1. The van der Waals surface area contributed by atoms with Gasteiger partial charge in [-0.05, 0) is 33.3 Å². The minimum Gasteiger partial charge on any atom is -0.372 e. The van der Waals surface area contributed by atoms with Crippen LogP contribution in [0.25, 0.3) is 0 Å². The molecule has 100 valence electrons. The first-order valence-corrected chi connectivity index (χ1v) is 6.46. The van der Waals surface area contributed by atoms with Crippen LogP contribution in [-0.4, -0.2) is 35.5 Å². The Labute approximate surface area is 108 Å². The highest BCUT2D eigenvalue weighted by molar-refractivity contribution is 5.51. The van der Waals surface area contributed by atoms with Crippen LogP contribution in [0.5, 0.6) is 0 Å². The van der Waals surface area contributed by atoms with Crippen LogP contribution in [0.1, 0.15) is 30.7 Å². The van der Waals surface area contributed by atoms with Gasteiger partial charge in [-0.2, -0.15) is 5.10 Å². The molecule has 0 spiro atoms. The van der Waals surface area contributed by atoms with E-state index >= 15 is 0 Å². The summed E-state index contributed by atoms with van der Waals surface area (Å²) >= 11 is 0. The van der Waals surface area contributed by atoms with Crippen molar-refractivity contribution in [2.24, 2.45) is 5.73 Å². The minimum atomic E-state index is 0.211. The van der Waals surface area contributed by atoms with Gasteiger partial charge in [0.15, 0.2) is 5.82 Å². The molecule has 1 aromatic rings. The molecule has 0 aromatic carbocycles. The van der Waals surface area contributed by atoms with Gasteiger partial charge in [0.2, 0.25) is 0 Å². The van der Waals surface area contributed by atoms with Crippen LogP contribution in [0.3, 0.4) is 0 Å². The van der Waals surface area contributed by atoms with E-state index in [2.05, 4.69) is 35.9 Å². The zero-order chi connectivity index (χ0) is 13.3. The van der Waals surface area contributed by atoms with Crippen molar-refractivity contribution in [2.75, 3.05) is 18.0 Å². The molecule has 5 heteroatoms. The number of rotatable bonds is 2. The molecular weight excluding hydrogens is 228 g/mol. The first-order valence-electron chi connectivity index (χ1n) is 6.46. The highest BCUT2D eigenvalue weighted by Crippen LogP contribution is 2.24. The predicted molar refractivity (Wildman–Crippen MR) is 71.6 cm³/mol. The zero-order valence-electron chi connectivity index (χ0n) is 11.6. The van der Waals surface area contributed by atoms with E-state index in [1.807, 2.05) is 6.92 Å². The van der Waals surface area contributed by atoms with Gasteiger partial charge in [-0.3, -0.25) is 0 Å². The van der Waals surface area contributed by atoms with Gasteiger partial charge in [0.05, 0.1) is 17.9 Å². The fourth-order valence-corrected chi connectivity index (χ4v) is 2.49. The van der Waals surface area contributed by atoms with Gasteiger partial charge >= 0.3 is 0 Å². The van der Waals surface area contributed by atoms with Crippen molar-refractivity contribution in [3.63, 3.8) is 0 Å². The zero-order valence-corrected chi connectivity index (χ0v) is 11.6. The molecule has 0 bridgehead atoms. The Balaban J connectivity index is 2.35. The monoisotopic (exact) mass is 250 g/mol. The topological polar surface area (TPSA) is 64.3 Å². The molecule has 2 unspecified atom stereocenters. The molecule has 1 fully saturated rings. The lowest BCUT2D eigenvalue weighted by Gasteiger charge is -2.36. The average Bonchev–Trinajstić information content (AvgIpc) is 2.31. The normalized spacial score (nSPS) is 24.4. The SMILES string of the molecule is Cc1nnc(N2CC(C)OC(C)C2)c(CN)c1C. The fraction of sp³-hybridized carbons (Fsp3) is 0.692. The number of hydrogen-bond acceptors (Lipinski definition) is 5. The molecule has 2 atom stereocenters.